The zero-order chi connectivity index (χ0) is 31.0. The average molecular weight is 605 g/mol. The summed E-state index contributed by atoms with van der Waals surface area (Å²) in [4.78, 5) is 25.4. The third-order valence-corrected chi connectivity index (χ3v) is 16.8. The second-order valence-corrected chi connectivity index (χ2v) is 19.4. The minimum atomic E-state index is -2.68. The van der Waals surface area contributed by atoms with E-state index in [1.54, 1.807) is 0 Å². The van der Waals surface area contributed by atoms with Crippen LogP contribution in [-0.4, -0.2) is 44.0 Å². The number of esters is 1. The van der Waals surface area contributed by atoms with E-state index in [1.165, 1.54) is 17.3 Å². The maximum Gasteiger partial charge on any atom is 0.302 e. The van der Waals surface area contributed by atoms with Crippen molar-refractivity contribution in [3.05, 3.63) is 60.7 Å². The van der Waals surface area contributed by atoms with Crippen LogP contribution in [0, 0.1) is 28.6 Å². The first-order valence-electron chi connectivity index (χ1n) is 16.5. The molecule has 3 saturated carbocycles. The summed E-state index contributed by atoms with van der Waals surface area (Å²) in [5.41, 5.74) is -0.524. The molecule has 5 rings (SSSR count). The van der Waals surface area contributed by atoms with E-state index in [0.717, 1.165) is 44.9 Å². The number of ether oxygens (including phenoxy) is 1. The van der Waals surface area contributed by atoms with Crippen molar-refractivity contribution in [1.29, 1.82) is 0 Å². The number of ketones is 1. The van der Waals surface area contributed by atoms with E-state index in [4.69, 9.17) is 9.16 Å². The summed E-state index contributed by atoms with van der Waals surface area (Å²) in [7, 11) is -2.68. The van der Waals surface area contributed by atoms with E-state index in [1.807, 2.05) is 0 Å². The van der Waals surface area contributed by atoms with Crippen LogP contribution in [-0.2, 0) is 18.8 Å². The van der Waals surface area contributed by atoms with Gasteiger partial charge in [0.15, 0.2) is 0 Å². The van der Waals surface area contributed by atoms with E-state index in [2.05, 4.69) is 95.3 Å². The molecule has 0 saturated heterocycles. The van der Waals surface area contributed by atoms with E-state index < -0.39 is 13.7 Å². The number of aliphatic hydroxyl groups excluding tert-OH is 1. The van der Waals surface area contributed by atoms with Crippen molar-refractivity contribution in [3.8, 4) is 0 Å². The molecule has 0 heterocycles. The molecule has 0 aromatic heterocycles. The minimum Gasteiger partial charge on any atom is -0.462 e. The van der Waals surface area contributed by atoms with Gasteiger partial charge in [-0.05, 0) is 71.7 Å². The van der Waals surface area contributed by atoms with Gasteiger partial charge in [-0.3, -0.25) is 9.59 Å². The Morgan fingerprint density at radius 1 is 0.930 bits per heavy atom. The van der Waals surface area contributed by atoms with Crippen molar-refractivity contribution in [2.75, 3.05) is 6.61 Å². The number of hydrogen-bond acceptors (Lipinski definition) is 5. The lowest BCUT2D eigenvalue weighted by Crippen LogP contribution is -2.66. The smallest absolute Gasteiger partial charge is 0.302 e. The second-order valence-electron chi connectivity index (χ2n) is 15.1. The molecule has 3 fully saturated rings. The number of aliphatic hydroxyl groups is 1. The predicted octanol–water partition coefficient (Wildman–Crippen LogP) is 6.45. The molecule has 2 aromatic rings. The summed E-state index contributed by atoms with van der Waals surface area (Å²) in [5.74, 6) is 0.516. The summed E-state index contributed by atoms with van der Waals surface area (Å²) >= 11 is 0. The summed E-state index contributed by atoms with van der Waals surface area (Å²) in [6.07, 6.45) is 5.71. The van der Waals surface area contributed by atoms with Crippen LogP contribution in [0.25, 0.3) is 0 Å². The zero-order valence-electron chi connectivity index (χ0n) is 27.1. The van der Waals surface area contributed by atoms with Crippen LogP contribution in [0.15, 0.2) is 60.7 Å². The lowest BCUT2D eigenvalue weighted by molar-refractivity contribution is -0.177. The number of Topliss-reactive ketones (excluding diaryl/α,β-unsaturated/α-hetero) is 1. The van der Waals surface area contributed by atoms with Gasteiger partial charge in [-0.15, -0.1) is 0 Å². The first-order chi connectivity index (χ1) is 20.3. The number of benzene rings is 2. The first-order valence-corrected chi connectivity index (χ1v) is 18.4. The summed E-state index contributed by atoms with van der Waals surface area (Å²) in [6.45, 7) is 13.5. The van der Waals surface area contributed by atoms with Crippen molar-refractivity contribution in [2.45, 2.75) is 110 Å². The fraction of sp³-hybridized carbons (Fsp3) is 0.622. The molecule has 0 radical (unpaired) electrons. The Hall–Kier alpha value is -2.28. The largest absolute Gasteiger partial charge is 0.462 e. The molecule has 0 spiro atoms. The quantitative estimate of drug-likeness (QED) is 0.277. The lowest BCUT2D eigenvalue weighted by atomic mass is 9.51. The van der Waals surface area contributed by atoms with Gasteiger partial charge in [0.05, 0.1) is 6.10 Å². The lowest BCUT2D eigenvalue weighted by Gasteiger charge is -2.55. The van der Waals surface area contributed by atoms with Gasteiger partial charge in [0.2, 0.25) is 0 Å². The van der Waals surface area contributed by atoms with Gasteiger partial charge in [0.25, 0.3) is 8.32 Å². The van der Waals surface area contributed by atoms with E-state index in [9.17, 15) is 14.7 Å². The van der Waals surface area contributed by atoms with Crippen molar-refractivity contribution >= 4 is 30.4 Å². The molecule has 3 aliphatic rings. The molecule has 234 valence electrons. The maximum atomic E-state index is 13.0. The number of carbonyl (C=O) groups is 2. The van der Waals surface area contributed by atoms with Gasteiger partial charge in [-0.25, -0.2) is 0 Å². The van der Waals surface area contributed by atoms with Crippen LogP contribution in [0.1, 0.15) is 92.9 Å². The Morgan fingerprint density at radius 3 is 2.09 bits per heavy atom. The van der Waals surface area contributed by atoms with Gasteiger partial charge in [-0.2, -0.15) is 0 Å². The normalized spacial score (nSPS) is 33.2. The highest BCUT2D eigenvalue weighted by atomic mass is 28.4. The molecule has 0 bridgehead atoms. The SMILES string of the molecule is CC(=O)O[C@@H]1[C@H]([C@@]2(C)CC[C@H](O)C[C@@H]2CCO[Si](c2ccccc2)(c2ccccc2)C(C)(C)C)CC[C@]2(C)C(=O)CC[C@H]12. The standard InChI is InChI=1S/C37H52O5Si/c1-26(38)42-34-31-17-18-33(40)37(31,6)23-20-32(34)36(5)22-19-28(39)25-27(36)21-24-41-43(35(2,3)4,29-13-9-7-10-14-29)30-15-11-8-12-16-30/h7-16,27-28,31-32,34,39H,17-25H2,1-6H3/t27-,28-,31+,32+,34-,36-,37-/m0/s1. The van der Waals surface area contributed by atoms with Crippen LogP contribution < -0.4 is 10.4 Å². The van der Waals surface area contributed by atoms with Gasteiger partial charge < -0.3 is 14.3 Å². The zero-order valence-corrected chi connectivity index (χ0v) is 28.1. The number of carbonyl (C=O) groups excluding carboxylic acids is 2. The van der Waals surface area contributed by atoms with Crippen LogP contribution in [0.2, 0.25) is 5.04 Å². The second kappa shape index (κ2) is 12.2. The topological polar surface area (TPSA) is 72.8 Å². The van der Waals surface area contributed by atoms with Crippen molar-refractivity contribution in [3.63, 3.8) is 0 Å². The third kappa shape index (κ3) is 5.80. The Morgan fingerprint density at radius 2 is 1.53 bits per heavy atom. The Kier molecular flexibility index (Phi) is 9.15. The van der Waals surface area contributed by atoms with E-state index in [0.29, 0.717) is 18.8 Å². The fourth-order valence-corrected chi connectivity index (χ4v) is 13.9. The monoisotopic (exact) mass is 604 g/mol. The molecule has 0 aliphatic heterocycles. The van der Waals surface area contributed by atoms with Crippen molar-refractivity contribution < 1.29 is 23.9 Å². The number of fused-ring (bicyclic) bond motifs is 1. The van der Waals surface area contributed by atoms with Gasteiger partial charge in [0, 0.05) is 37.2 Å². The summed E-state index contributed by atoms with van der Waals surface area (Å²) < 4.78 is 13.5. The third-order valence-electron chi connectivity index (χ3n) is 11.8. The molecule has 2 aromatic carbocycles. The molecule has 43 heavy (non-hydrogen) atoms. The molecule has 0 unspecified atom stereocenters. The number of rotatable bonds is 8. The van der Waals surface area contributed by atoms with E-state index >= 15 is 0 Å². The Bertz CT molecular complexity index is 1230. The van der Waals surface area contributed by atoms with Crippen LogP contribution in [0.5, 0.6) is 0 Å². The minimum absolute atomic E-state index is 0.0698. The van der Waals surface area contributed by atoms with E-state index in [-0.39, 0.29) is 46.4 Å². The van der Waals surface area contributed by atoms with Gasteiger partial charge >= 0.3 is 5.97 Å². The van der Waals surface area contributed by atoms with Crippen LogP contribution in [0.3, 0.4) is 0 Å². The number of hydrogen-bond donors (Lipinski definition) is 1. The molecule has 7 atom stereocenters. The highest BCUT2D eigenvalue weighted by Crippen LogP contribution is 2.60. The average Bonchev–Trinajstić information content (AvgIpc) is 3.27. The first kappa shape index (κ1) is 32.1. The molecule has 6 heteroatoms. The fourth-order valence-electron chi connectivity index (χ4n) is 9.36. The molecule has 0 amide bonds. The molecular formula is C37H52O5Si. The molecule has 5 nitrogen and oxygen atoms in total. The van der Waals surface area contributed by atoms with Crippen molar-refractivity contribution in [2.24, 2.45) is 28.6 Å². The van der Waals surface area contributed by atoms with Crippen LogP contribution in [0.4, 0.5) is 0 Å². The predicted molar refractivity (Wildman–Crippen MR) is 174 cm³/mol. The van der Waals surface area contributed by atoms with Crippen molar-refractivity contribution in [1.82, 2.24) is 0 Å². The van der Waals surface area contributed by atoms with Gasteiger partial charge in [0.1, 0.15) is 11.9 Å². The van der Waals surface area contributed by atoms with Gasteiger partial charge in [-0.1, -0.05) is 95.3 Å². The highest BCUT2D eigenvalue weighted by Gasteiger charge is 2.60. The molecule has 3 aliphatic carbocycles. The highest BCUT2D eigenvalue weighted by molar-refractivity contribution is 6.99. The maximum absolute atomic E-state index is 13.0. The van der Waals surface area contributed by atoms with Crippen LogP contribution >= 0.6 is 0 Å². The summed E-state index contributed by atoms with van der Waals surface area (Å²) in [6, 6.07) is 21.5. The molecule has 1 N–H and O–H groups in total. The Balaban J connectivity index is 1.45. The molecular weight excluding hydrogens is 552 g/mol. The Labute approximate surface area is 259 Å². The summed E-state index contributed by atoms with van der Waals surface area (Å²) in [5, 5.41) is 13.4.